The van der Waals surface area contributed by atoms with Gasteiger partial charge in [-0.2, -0.15) is 5.26 Å². The molecule has 0 saturated heterocycles. The average molecular weight is 262 g/mol. The first kappa shape index (κ1) is 14.8. The van der Waals surface area contributed by atoms with Gasteiger partial charge >= 0.3 is 0 Å². The van der Waals surface area contributed by atoms with Crippen LogP contribution in [0.1, 0.15) is 24.2 Å². The minimum atomic E-state index is -0.226. The summed E-state index contributed by atoms with van der Waals surface area (Å²) in [5, 5.41) is 18.5. The molecule has 0 aliphatic heterocycles. The van der Waals surface area contributed by atoms with E-state index < -0.39 is 0 Å². The second-order valence-electron chi connectivity index (χ2n) is 4.26. The Morgan fingerprint density at radius 1 is 1.58 bits per heavy atom. The van der Waals surface area contributed by atoms with Gasteiger partial charge in [0.25, 0.3) is 5.91 Å². The predicted octanol–water partition coefficient (Wildman–Crippen LogP) is 2.02. The first-order valence-corrected chi connectivity index (χ1v) is 6.09. The number of benzene rings is 1. The summed E-state index contributed by atoms with van der Waals surface area (Å²) in [6, 6.07) is 6.62. The molecule has 0 aromatic heterocycles. The standard InChI is InChI=1S/C14H18N2O3/c1-4-16(9-10(2)8-15)14(18)11-5-6-13(19-3)12(17)7-11/h5-7,10,17H,4,9H2,1-3H3. The molecule has 0 fully saturated rings. The molecule has 5 heteroatoms. The topological polar surface area (TPSA) is 73.6 Å². The fourth-order valence-electron chi connectivity index (χ4n) is 1.73. The summed E-state index contributed by atoms with van der Waals surface area (Å²) in [5.74, 6) is -0.180. The summed E-state index contributed by atoms with van der Waals surface area (Å²) >= 11 is 0. The smallest absolute Gasteiger partial charge is 0.254 e. The Morgan fingerprint density at radius 3 is 2.74 bits per heavy atom. The maximum Gasteiger partial charge on any atom is 0.254 e. The molecule has 1 aromatic carbocycles. The SMILES string of the molecule is CCN(CC(C)C#N)C(=O)c1ccc(OC)c(O)c1. The molecule has 1 N–H and O–H groups in total. The molecule has 0 bridgehead atoms. The predicted molar refractivity (Wildman–Crippen MR) is 71.0 cm³/mol. The molecule has 0 radical (unpaired) electrons. The van der Waals surface area contributed by atoms with Gasteiger partial charge in [-0.25, -0.2) is 0 Å². The monoisotopic (exact) mass is 262 g/mol. The summed E-state index contributed by atoms with van der Waals surface area (Å²) in [4.78, 5) is 13.8. The highest BCUT2D eigenvalue weighted by Crippen LogP contribution is 2.26. The lowest BCUT2D eigenvalue weighted by Crippen LogP contribution is -2.34. The molecule has 1 rings (SSSR count). The quantitative estimate of drug-likeness (QED) is 0.881. The Labute approximate surface area is 113 Å². The second-order valence-corrected chi connectivity index (χ2v) is 4.26. The molecular formula is C14H18N2O3. The summed E-state index contributed by atoms with van der Waals surface area (Å²) in [6.07, 6.45) is 0. The lowest BCUT2D eigenvalue weighted by atomic mass is 10.1. The minimum absolute atomic E-state index is 0.0715. The molecule has 0 spiro atoms. The van der Waals surface area contributed by atoms with Gasteiger partial charge < -0.3 is 14.7 Å². The van der Waals surface area contributed by atoms with E-state index in [1.54, 1.807) is 24.0 Å². The van der Waals surface area contributed by atoms with Crippen LogP contribution in [-0.4, -0.2) is 36.1 Å². The van der Waals surface area contributed by atoms with E-state index in [0.29, 0.717) is 24.4 Å². The average Bonchev–Trinajstić information content (AvgIpc) is 2.43. The number of hydrogen-bond acceptors (Lipinski definition) is 4. The molecule has 0 saturated carbocycles. The highest BCUT2D eigenvalue weighted by molar-refractivity contribution is 5.94. The third-order valence-electron chi connectivity index (χ3n) is 2.81. The zero-order valence-corrected chi connectivity index (χ0v) is 11.4. The van der Waals surface area contributed by atoms with Crippen molar-refractivity contribution in [3.63, 3.8) is 0 Å². The van der Waals surface area contributed by atoms with Crippen molar-refractivity contribution >= 4 is 5.91 Å². The lowest BCUT2D eigenvalue weighted by Gasteiger charge is -2.22. The number of rotatable bonds is 5. The van der Waals surface area contributed by atoms with Crippen LogP contribution in [0.15, 0.2) is 18.2 Å². The van der Waals surface area contributed by atoms with Gasteiger partial charge in [0.1, 0.15) is 0 Å². The van der Waals surface area contributed by atoms with E-state index in [4.69, 9.17) is 10.00 Å². The van der Waals surface area contributed by atoms with Crippen LogP contribution in [-0.2, 0) is 0 Å². The number of aromatic hydroxyl groups is 1. The second kappa shape index (κ2) is 6.64. The summed E-state index contributed by atoms with van der Waals surface area (Å²) in [5.41, 5.74) is 0.380. The van der Waals surface area contributed by atoms with Crippen molar-refractivity contribution in [3.05, 3.63) is 23.8 Å². The number of hydrogen-bond donors (Lipinski definition) is 1. The molecule has 0 aliphatic rings. The Hall–Kier alpha value is -2.22. The molecule has 1 amide bonds. The van der Waals surface area contributed by atoms with Gasteiger partial charge in [-0.3, -0.25) is 4.79 Å². The Kier molecular flexibility index (Phi) is 5.19. The van der Waals surface area contributed by atoms with Crippen LogP contribution in [0.2, 0.25) is 0 Å². The van der Waals surface area contributed by atoms with Gasteiger partial charge in [0.15, 0.2) is 11.5 Å². The summed E-state index contributed by atoms with van der Waals surface area (Å²) in [6.45, 7) is 4.50. The number of methoxy groups -OCH3 is 1. The normalized spacial score (nSPS) is 11.5. The van der Waals surface area contributed by atoms with E-state index in [1.165, 1.54) is 13.2 Å². The van der Waals surface area contributed by atoms with Crippen molar-refractivity contribution in [2.75, 3.05) is 20.2 Å². The van der Waals surface area contributed by atoms with Gasteiger partial charge in [0.05, 0.1) is 19.1 Å². The first-order valence-electron chi connectivity index (χ1n) is 6.09. The van der Waals surface area contributed by atoms with Crippen LogP contribution < -0.4 is 4.74 Å². The zero-order valence-electron chi connectivity index (χ0n) is 11.4. The highest BCUT2D eigenvalue weighted by Gasteiger charge is 2.17. The van der Waals surface area contributed by atoms with E-state index in [2.05, 4.69) is 6.07 Å². The molecule has 1 atom stereocenters. The Bertz CT molecular complexity index is 494. The Morgan fingerprint density at radius 2 is 2.26 bits per heavy atom. The Balaban J connectivity index is 2.92. The highest BCUT2D eigenvalue weighted by atomic mass is 16.5. The van der Waals surface area contributed by atoms with Gasteiger partial charge in [-0.15, -0.1) is 0 Å². The summed E-state index contributed by atoms with van der Waals surface area (Å²) in [7, 11) is 1.45. The fraction of sp³-hybridized carbons (Fsp3) is 0.429. The molecule has 102 valence electrons. The van der Waals surface area contributed by atoms with Crippen LogP contribution in [0, 0.1) is 17.2 Å². The number of carbonyl (C=O) groups is 1. The molecule has 19 heavy (non-hydrogen) atoms. The van der Waals surface area contributed by atoms with Crippen LogP contribution in [0.4, 0.5) is 0 Å². The number of ether oxygens (including phenoxy) is 1. The van der Waals surface area contributed by atoms with E-state index in [9.17, 15) is 9.90 Å². The van der Waals surface area contributed by atoms with Crippen LogP contribution >= 0.6 is 0 Å². The van der Waals surface area contributed by atoms with Gasteiger partial charge in [-0.05, 0) is 32.0 Å². The minimum Gasteiger partial charge on any atom is -0.504 e. The lowest BCUT2D eigenvalue weighted by molar-refractivity contribution is 0.0752. The first-order chi connectivity index (χ1) is 9.03. The van der Waals surface area contributed by atoms with Gasteiger partial charge in [-0.1, -0.05) is 0 Å². The van der Waals surface area contributed by atoms with E-state index in [-0.39, 0.29) is 17.6 Å². The van der Waals surface area contributed by atoms with E-state index >= 15 is 0 Å². The van der Waals surface area contributed by atoms with Crippen molar-refractivity contribution in [2.24, 2.45) is 5.92 Å². The van der Waals surface area contributed by atoms with Gasteiger partial charge in [0.2, 0.25) is 0 Å². The number of nitriles is 1. The van der Waals surface area contributed by atoms with Crippen LogP contribution in [0.3, 0.4) is 0 Å². The van der Waals surface area contributed by atoms with Crippen molar-refractivity contribution in [2.45, 2.75) is 13.8 Å². The molecule has 0 heterocycles. The molecule has 0 aliphatic carbocycles. The molecule has 5 nitrogen and oxygen atoms in total. The number of phenolic OH excluding ortho intramolecular Hbond substituents is 1. The molecule has 1 aromatic rings. The zero-order chi connectivity index (χ0) is 14.4. The number of phenols is 1. The summed E-state index contributed by atoms with van der Waals surface area (Å²) < 4.78 is 4.93. The molecule has 1 unspecified atom stereocenters. The van der Waals surface area contributed by atoms with Crippen molar-refractivity contribution in [1.82, 2.24) is 4.90 Å². The molecular weight excluding hydrogens is 244 g/mol. The number of carbonyl (C=O) groups excluding carboxylic acids is 1. The fourth-order valence-corrected chi connectivity index (χ4v) is 1.73. The van der Waals surface area contributed by atoms with Crippen LogP contribution in [0.5, 0.6) is 11.5 Å². The largest absolute Gasteiger partial charge is 0.504 e. The maximum atomic E-state index is 12.2. The van der Waals surface area contributed by atoms with Crippen molar-refractivity contribution in [3.8, 4) is 17.6 Å². The number of nitrogens with zero attached hydrogens (tertiary/aromatic N) is 2. The van der Waals surface area contributed by atoms with Crippen LogP contribution in [0.25, 0.3) is 0 Å². The van der Waals surface area contributed by atoms with E-state index in [0.717, 1.165) is 0 Å². The number of amides is 1. The van der Waals surface area contributed by atoms with E-state index in [1.807, 2.05) is 6.92 Å². The van der Waals surface area contributed by atoms with Crippen molar-refractivity contribution < 1.29 is 14.6 Å². The maximum absolute atomic E-state index is 12.2. The third-order valence-corrected chi connectivity index (χ3v) is 2.81. The third kappa shape index (κ3) is 3.62. The van der Waals surface area contributed by atoms with Crippen molar-refractivity contribution in [1.29, 1.82) is 5.26 Å². The van der Waals surface area contributed by atoms with Gasteiger partial charge in [0, 0.05) is 18.7 Å².